The van der Waals surface area contributed by atoms with Crippen molar-refractivity contribution in [3.05, 3.63) is 29.8 Å². The first kappa shape index (κ1) is 28.9. The molecule has 0 aliphatic heterocycles. The summed E-state index contributed by atoms with van der Waals surface area (Å²) in [6.45, 7) is 16.8. The minimum absolute atomic E-state index is 0.263. The highest BCUT2D eigenvalue weighted by molar-refractivity contribution is 7.47. The minimum atomic E-state index is -1.17. The van der Waals surface area contributed by atoms with E-state index in [1.807, 2.05) is 13.8 Å². The SMILES string of the molecule is CCOP(COc1cccc(C(C)N(OC(=O)OC(C)(C)C)C(=O)OC(C)(C)C)c1)OCC. The molecule has 33 heavy (non-hydrogen) atoms. The molecule has 0 aliphatic carbocycles. The molecule has 188 valence electrons. The highest BCUT2D eigenvalue weighted by Crippen LogP contribution is 2.38. The molecule has 0 heterocycles. The average Bonchev–Trinajstić information content (AvgIpc) is 2.67. The Morgan fingerprint density at radius 2 is 1.55 bits per heavy atom. The summed E-state index contributed by atoms with van der Waals surface area (Å²) in [6.07, 6.45) is -1.56. The molecule has 0 radical (unpaired) electrons. The fraction of sp³-hybridized carbons (Fsp3) is 0.652. The van der Waals surface area contributed by atoms with Crippen LogP contribution in [0.2, 0.25) is 0 Å². The first-order chi connectivity index (χ1) is 15.3. The van der Waals surface area contributed by atoms with Crippen LogP contribution in [0.4, 0.5) is 9.59 Å². The third kappa shape index (κ3) is 11.6. The van der Waals surface area contributed by atoms with Gasteiger partial charge in [0.2, 0.25) is 8.38 Å². The van der Waals surface area contributed by atoms with Crippen molar-refractivity contribution < 1.29 is 37.7 Å². The molecule has 1 rings (SSSR count). The van der Waals surface area contributed by atoms with Crippen molar-refractivity contribution in [2.45, 2.75) is 79.6 Å². The third-order valence-corrected chi connectivity index (χ3v) is 5.14. The third-order valence-electron chi connectivity index (χ3n) is 3.71. The second-order valence-corrected chi connectivity index (χ2v) is 10.5. The van der Waals surface area contributed by atoms with Gasteiger partial charge in [0.15, 0.2) is 6.35 Å². The number of hydrogen-bond donors (Lipinski definition) is 0. The predicted octanol–water partition coefficient (Wildman–Crippen LogP) is 6.57. The molecule has 1 aromatic carbocycles. The lowest BCUT2D eigenvalue weighted by molar-refractivity contribution is -0.153. The normalized spacial score (nSPS) is 12.8. The zero-order valence-corrected chi connectivity index (χ0v) is 22.1. The van der Waals surface area contributed by atoms with E-state index in [4.69, 9.17) is 28.1 Å². The van der Waals surface area contributed by atoms with Crippen LogP contribution < -0.4 is 4.74 Å². The van der Waals surface area contributed by atoms with Crippen molar-refractivity contribution >= 4 is 20.6 Å². The van der Waals surface area contributed by atoms with Crippen LogP contribution >= 0.6 is 8.38 Å². The fourth-order valence-corrected chi connectivity index (χ4v) is 3.51. The zero-order valence-electron chi connectivity index (χ0n) is 21.2. The zero-order chi connectivity index (χ0) is 25.2. The Hall–Kier alpha value is -2.09. The Morgan fingerprint density at radius 1 is 0.970 bits per heavy atom. The highest BCUT2D eigenvalue weighted by atomic mass is 31.2. The van der Waals surface area contributed by atoms with Crippen LogP contribution in [0, 0.1) is 0 Å². The summed E-state index contributed by atoms with van der Waals surface area (Å²) >= 11 is 0. The number of hydroxylamine groups is 2. The number of ether oxygens (including phenoxy) is 3. The van der Waals surface area contributed by atoms with Gasteiger partial charge < -0.3 is 23.3 Å². The number of benzene rings is 1. The lowest BCUT2D eigenvalue weighted by Crippen LogP contribution is -2.41. The van der Waals surface area contributed by atoms with Gasteiger partial charge in [0.25, 0.3) is 0 Å². The number of carbonyl (C=O) groups excluding carboxylic acids is 2. The summed E-state index contributed by atoms with van der Waals surface area (Å²) < 4.78 is 27.6. The van der Waals surface area contributed by atoms with Gasteiger partial charge in [0, 0.05) is 0 Å². The van der Waals surface area contributed by atoms with E-state index in [1.165, 1.54) is 0 Å². The molecule has 0 saturated heterocycles. The van der Waals surface area contributed by atoms with Gasteiger partial charge in [-0.2, -0.15) is 0 Å². The fourth-order valence-electron chi connectivity index (χ4n) is 2.46. The summed E-state index contributed by atoms with van der Waals surface area (Å²) in [4.78, 5) is 30.4. The predicted molar refractivity (Wildman–Crippen MR) is 126 cm³/mol. The van der Waals surface area contributed by atoms with Gasteiger partial charge in [-0.15, -0.1) is 5.06 Å². The van der Waals surface area contributed by atoms with Crippen LogP contribution in [0.25, 0.3) is 0 Å². The van der Waals surface area contributed by atoms with Crippen molar-refractivity contribution in [3.63, 3.8) is 0 Å². The Kier molecular flexibility index (Phi) is 11.4. The standard InChI is InChI=1S/C23H38NO8P/c1-10-28-33(29-11-2)16-27-19-14-12-13-18(15-19)17(3)24(20(25)30-22(4,5)6)32-21(26)31-23(7,8)9/h12-15,17H,10-11,16H2,1-9H3. The Bertz CT molecular complexity index is 754. The molecule has 0 aromatic heterocycles. The van der Waals surface area contributed by atoms with E-state index in [1.54, 1.807) is 72.7 Å². The van der Waals surface area contributed by atoms with Crippen LogP contribution in [0.5, 0.6) is 5.75 Å². The molecular weight excluding hydrogens is 449 g/mol. The highest BCUT2D eigenvalue weighted by Gasteiger charge is 2.32. The van der Waals surface area contributed by atoms with Crippen molar-refractivity contribution in [1.29, 1.82) is 0 Å². The molecule has 0 aliphatic rings. The van der Waals surface area contributed by atoms with Crippen LogP contribution in [0.3, 0.4) is 0 Å². The van der Waals surface area contributed by atoms with Crippen molar-refractivity contribution in [2.24, 2.45) is 0 Å². The first-order valence-electron chi connectivity index (χ1n) is 10.9. The van der Waals surface area contributed by atoms with Crippen molar-refractivity contribution in [3.8, 4) is 5.75 Å². The van der Waals surface area contributed by atoms with E-state index in [2.05, 4.69) is 0 Å². The maximum absolute atomic E-state index is 12.8. The minimum Gasteiger partial charge on any atom is -0.484 e. The molecule has 0 spiro atoms. The molecule has 0 fully saturated rings. The summed E-state index contributed by atoms with van der Waals surface area (Å²) in [7, 11) is -1.17. The largest absolute Gasteiger partial charge is 0.534 e. The lowest BCUT2D eigenvalue weighted by Gasteiger charge is -2.30. The number of amides is 1. The molecule has 1 amide bonds. The van der Waals surface area contributed by atoms with E-state index in [0.29, 0.717) is 24.5 Å². The molecular formula is C23H38NO8P. The summed E-state index contributed by atoms with van der Waals surface area (Å²) in [5.41, 5.74) is -0.903. The van der Waals surface area contributed by atoms with Crippen molar-refractivity contribution in [1.82, 2.24) is 5.06 Å². The smallest absolute Gasteiger partial charge is 0.484 e. The van der Waals surface area contributed by atoms with E-state index >= 15 is 0 Å². The van der Waals surface area contributed by atoms with Gasteiger partial charge in [0.05, 0.1) is 19.3 Å². The average molecular weight is 488 g/mol. The van der Waals surface area contributed by atoms with Crippen LogP contribution in [-0.2, 0) is 23.4 Å². The summed E-state index contributed by atoms with van der Waals surface area (Å²) in [6, 6.07) is 6.43. The number of carbonyl (C=O) groups is 2. The van der Waals surface area contributed by atoms with Crippen LogP contribution in [0.15, 0.2) is 24.3 Å². The molecule has 1 atom stereocenters. The number of nitrogens with zero attached hydrogens (tertiary/aromatic N) is 1. The number of rotatable bonds is 9. The summed E-state index contributed by atoms with van der Waals surface area (Å²) in [5, 5.41) is 0.867. The second kappa shape index (κ2) is 13.0. The molecule has 9 nitrogen and oxygen atoms in total. The van der Waals surface area contributed by atoms with Gasteiger partial charge in [-0.25, -0.2) is 9.59 Å². The molecule has 1 aromatic rings. The topological polar surface area (TPSA) is 92.8 Å². The van der Waals surface area contributed by atoms with E-state index in [9.17, 15) is 9.59 Å². The van der Waals surface area contributed by atoms with Gasteiger partial charge in [-0.1, -0.05) is 12.1 Å². The maximum Gasteiger partial charge on any atom is 0.534 e. The van der Waals surface area contributed by atoms with Gasteiger partial charge in [-0.05, 0) is 80.0 Å². The molecule has 1 unspecified atom stereocenters. The maximum atomic E-state index is 12.8. The van der Waals surface area contributed by atoms with Crippen LogP contribution in [0.1, 0.15) is 73.9 Å². The van der Waals surface area contributed by atoms with E-state index in [0.717, 1.165) is 5.06 Å². The van der Waals surface area contributed by atoms with Gasteiger partial charge in [-0.3, -0.25) is 4.84 Å². The molecule has 0 saturated carbocycles. The molecule has 0 N–H and O–H groups in total. The second-order valence-electron chi connectivity index (χ2n) is 9.05. The Labute approximate surface area is 198 Å². The van der Waals surface area contributed by atoms with Crippen LogP contribution in [-0.4, -0.2) is 48.1 Å². The lowest BCUT2D eigenvalue weighted by atomic mass is 10.1. The summed E-state index contributed by atoms with van der Waals surface area (Å²) in [5.74, 6) is 0.563. The monoisotopic (exact) mass is 487 g/mol. The number of hydrogen-bond acceptors (Lipinski definition) is 8. The Balaban J connectivity index is 3.05. The van der Waals surface area contributed by atoms with Gasteiger partial charge in [0.1, 0.15) is 17.0 Å². The molecule has 10 heteroatoms. The van der Waals surface area contributed by atoms with E-state index in [-0.39, 0.29) is 6.35 Å². The molecule has 0 bridgehead atoms. The quantitative estimate of drug-likeness (QED) is 0.219. The first-order valence-corrected chi connectivity index (χ1v) is 12.3. The van der Waals surface area contributed by atoms with E-state index < -0.39 is 37.9 Å². The van der Waals surface area contributed by atoms with Crippen molar-refractivity contribution in [2.75, 3.05) is 19.6 Å². The van der Waals surface area contributed by atoms with Gasteiger partial charge >= 0.3 is 12.2 Å². The Morgan fingerprint density at radius 3 is 2.06 bits per heavy atom.